The Kier molecular flexibility index (Phi) is 3.10. The first-order valence-corrected chi connectivity index (χ1v) is 6.60. The molecule has 0 aromatic carbocycles. The zero-order valence-electron chi connectivity index (χ0n) is 10.8. The van der Waals surface area contributed by atoms with Crippen LogP contribution in [0, 0.1) is 0 Å². The van der Waals surface area contributed by atoms with Crippen molar-refractivity contribution in [1.29, 1.82) is 0 Å². The van der Waals surface area contributed by atoms with E-state index >= 15 is 0 Å². The first-order valence-electron chi connectivity index (χ1n) is 6.22. The van der Waals surface area contributed by atoms with Crippen molar-refractivity contribution >= 4 is 29.2 Å². The molecule has 0 spiro atoms. The molecule has 1 saturated carbocycles. The van der Waals surface area contributed by atoms with E-state index in [1.54, 1.807) is 30.3 Å². The summed E-state index contributed by atoms with van der Waals surface area (Å²) in [5, 5.41) is 0.140. The normalized spacial score (nSPS) is 14.3. The summed E-state index contributed by atoms with van der Waals surface area (Å²) in [5.41, 5.74) is 5.39. The molecule has 1 aliphatic rings. The Balaban J connectivity index is 2.10. The van der Waals surface area contributed by atoms with Crippen LogP contribution < -0.4 is 10.6 Å². The van der Waals surface area contributed by atoms with Crippen LogP contribution in [0.2, 0.25) is 5.02 Å². The highest BCUT2D eigenvalue weighted by molar-refractivity contribution is 6.35. The number of carbonyl (C=O) groups excluding carboxylic acids is 1. The molecular formula is C13H13ClN4O2. The van der Waals surface area contributed by atoms with Crippen LogP contribution >= 0.6 is 11.6 Å². The third-order valence-corrected chi connectivity index (χ3v) is 3.53. The van der Waals surface area contributed by atoms with Crippen LogP contribution in [-0.2, 0) is 0 Å². The van der Waals surface area contributed by atoms with Crippen molar-refractivity contribution in [3.63, 3.8) is 0 Å². The average Bonchev–Trinajstić information content (AvgIpc) is 3.13. The number of hydrogen-bond acceptors (Lipinski definition) is 5. The molecule has 20 heavy (non-hydrogen) atoms. The Bertz CT molecular complexity index is 653. The number of rotatable bonds is 4. The monoisotopic (exact) mass is 292 g/mol. The Hall–Kier alpha value is -2.08. The van der Waals surface area contributed by atoms with Crippen LogP contribution in [0.25, 0.3) is 0 Å². The highest BCUT2D eigenvalue weighted by atomic mass is 35.5. The maximum Gasteiger partial charge on any atom is 0.269 e. The Morgan fingerprint density at radius 2 is 2.25 bits per heavy atom. The highest BCUT2D eigenvalue weighted by Gasteiger charge is 2.30. The second-order valence-corrected chi connectivity index (χ2v) is 5.09. The molecule has 1 aliphatic carbocycles. The van der Waals surface area contributed by atoms with E-state index in [-0.39, 0.29) is 16.6 Å². The first-order chi connectivity index (χ1) is 9.58. The minimum absolute atomic E-state index is 0.0528. The smallest absolute Gasteiger partial charge is 0.269 e. The van der Waals surface area contributed by atoms with Crippen LogP contribution in [0.5, 0.6) is 0 Å². The molecule has 0 unspecified atom stereocenters. The molecule has 3 rings (SSSR count). The lowest BCUT2D eigenvalue weighted by molar-refractivity contribution is 0.0995. The molecule has 2 heterocycles. The van der Waals surface area contributed by atoms with E-state index in [4.69, 9.17) is 21.8 Å². The Morgan fingerprint density at radius 3 is 2.80 bits per heavy atom. The summed E-state index contributed by atoms with van der Waals surface area (Å²) in [7, 11) is 1.76. The van der Waals surface area contributed by atoms with E-state index in [1.807, 2.05) is 0 Å². The number of aromatic nitrogens is 2. The molecule has 0 radical (unpaired) electrons. The van der Waals surface area contributed by atoms with E-state index in [0.717, 1.165) is 12.8 Å². The van der Waals surface area contributed by atoms with Gasteiger partial charge in [0.25, 0.3) is 5.91 Å². The van der Waals surface area contributed by atoms with E-state index < -0.39 is 5.91 Å². The van der Waals surface area contributed by atoms with Crippen molar-refractivity contribution in [2.75, 3.05) is 11.9 Å². The molecule has 2 aromatic rings. The number of anilines is 2. The fourth-order valence-corrected chi connectivity index (χ4v) is 2.23. The molecule has 0 atom stereocenters. The van der Waals surface area contributed by atoms with Gasteiger partial charge in [0.05, 0.1) is 6.26 Å². The van der Waals surface area contributed by atoms with Gasteiger partial charge in [-0.25, -0.2) is 9.97 Å². The number of hydrogen-bond donors (Lipinski definition) is 1. The van der Waals surface area contributed by atoms with Gasteiger partial charge in [0.1, 0.15) is 10.8 Å². The van der Waals surface area contributed by atoms with Crippen LogP contribution in [-0.4, -0.2) is 22.9 Å². The molecule has 104 valence electrons. The molecule has 0 aliphatic heterocycles. The fraction of sp³-hybridized carbons (Fsp3) is 0.308. The minimum Gasteiger partial charge on any atom is -0.448 e. The van der Waals surface area contributed by atoms with Gasteiger partial charge in [0.15, 0.2) is 11.5 Å². The zero-order chi connectivity index (χ0) is 14.3. The number of carbonyl (C=O) groups is 1. The summed E-state index contributed by atoms with van der Waals surface area (Å²) < 4.78 is 5.31. The summed E-state index contributed by atoms with van der Waals surface area (Å²) in [6, 6.07) is 3.54. The van der Waals surface area contributed by atoms with E-state index in [1.165, 1.54) is 0 Å². The molecule has 7 heteroatoms. The highest BCUT2D eigenvalue weighted by Crippen LogP contribution is 2.40. The second kappa shape index (κ2) is 4.79. The van der Waals surface area contributed by atoms with E-state index in [0.29, 0.717) is 17.5 Å². The number of primary amides is 1. The Morgan fingerprint density at radius 1 is 1.50 bits per heavy atom. The van der Waals surface area contributed by atoms with Crippen LogP contribution in [0.1, 0.15) is 35.1 Å². The third kappa shape index (κ3) is 2.22. The predicted octanol–water partition coefficient (Wildman–Crippen LogP) is 2.47. The number of halogens is 1. The van der Waals surface area contributed by atoms with Gasteiger partial charge < -0.3 is 10.2 Å². The predicted molar refractivity (Wildman–Crippen MR) is 74.3 cm³/mol. The van der Waals surface area contributed by atoms with Crippen LogP contribution in [0.3, 0.4) is 0 Å². The number of nitrogens with two attached hydrogens (primary N) is 1. The van der Waals surface area contributed by atoms with Crippen molar-refractivity contribution in [3.05, 3.63) is 34.9 Å². The van der Waals surface area contributed by atoms with Gasteiger partial charge in [-0.05, 0) is 18.9 Å². The lowest BCUT2D eigenvalue weighted by Gasteiger charge is -2.18. The molecule has 2 aromatic heterocycles. The summed E-state index contributed by atoms with van der Waals surface area (Å²) in [4.78, 5) is 21.8. The summed E-state index contributed by atoms with van der Waals surface area (Å²) in [5.74, 6) is 1.23. The van der Waals surface area contributed by atoms with Crippen molar-refractivity contribution in [3.8, 4) is 0 Å². The van der Waals surface area contributed by atoms with Gasteiger partial charge in [0, 0.05) is 19.0 Å². The van der Waals surface area contributed by atoms with Gasteiger partial charge in [-0.2, -0.15) is 0 Å². The summed E-state index contributed by atoms with van der Waals surface area (Å²) in [6.07, 6.45) is 3.59. The van der Waals surface area contributed by atoms with Gasteiger partial charge in [-0.1, -0.05) is 11.6 Å². The SMILES string of the molecule is CN(c1ccco1)c1nc(C2CC2)nc(C(N)=O)c1Cl. The maximum atomic E-state index is 11.5. The van der Waals surface area contributed by atoms with E-state index in [9.17, 15) is 4.79 Å². The largest absolute Gasteiger partial charge is 0.448 e. The molecule has 1 amide bonds. The van der Waals surface area contributed by atoms with Gasteiger partial charge >= 0.3 is 0 Å². The number of amides is 1. The maximum absolute atomic E-state index is 11.5. The quantitative estimate of drug-likeness (QED) is 0.935. The van der Waals surface area contributed by atoms with Gasteiger partial charge in [0.2, 0.25) is 5.88 Å². The molecule has 0 saturated heterocycles. The molecule has 2 N–H and O–H groups in total. The molecular weight excluding hydrogens is 280 g/mol. The third-order valence-electron chi connectivity index (χ3n) is 3.18. The summed E-state index contributed by atoms with van der Waals surface area (Å²) >= 11 is 6.20. The zero-order valence-corrected chi connectivity index (χ0v) is 11.6. The lowest BCUT2D eigenvalue weighted by Crippen LogP contribution is -2.19. The van der Waals surface area contributed by atoms with Crippen molar-refractivity contribution < 1.29 is 9.21 Å². The molecule has 1 fully saturated rings. The van der Waals surface area contributed by atoms with Crippen molar-refractivity contribution in [2.24, 2.45) is 5.73 Å². The topological polar surface area (TPSA) is 85.2 Å². The van der Waals surface area contributed by atoms with Crippen molar-refractivity contribution in [2.45, 2.75) is 18.8 Å². The van der Waals surface area contributed by atoms with Gasteiger partial charge in [-0.3, -0.25) is 9.69 Å². The first kappa shape index (κ1) is 12.9. The van der Waals surface area contributed by atoms with Crippen LogP contribution in [0.15, 0.2) is 22.8 Å². The average molecular weight is 293 g/mol. The fourth-order valence-electron chi connectivity index (χ4n) is 1.93. The molecule has 0 bridgehead atoms. The van der Waals surface area contributed by atoms with E-state index in [2.05, 4.69) is 9.97 Å². The lowest BCUT2D eigenvalue weighted by atomic mass is 10.3. The van der Waals surface area contributed by atoms with Crippen LogP contribution in [0.4, 0.5) is 11.7 Å². The number of furan rings is 1. The second-order valence-electron chi connectivity index (χ2n) is 4.72. The Labute approximate surface area is 120 Å². The standard InChI is InChI=1S/C13H13ClN4O2/c1-18(8-3-2-6-20-8)13-9(14)10(11(15)19)16-12(17-13)7-4-5-7/h2-3,6-7H,4-5H2,1H3,(H2,15,19). The van der Waals surface area contributed by atoms with Gasteiger partial charge in [-0.15, -0.1) is 0 Å². The summed E-state index contributed by atoms with van der Waals surface area (Å²) in [6.45, 7) is 0. The minimum atomic E-state index is -0.659. The molecule has 6 nitrogen and oxygen atoms in total. The van der Waals surface area contributed by atoms with Crippen molar-refractivity contribution in [1.82, 2.24) is 9.97 Å². The number of nitrogens with zero attached hydrogens (tertiary/aromatic N) is 3.